The standard InChI is InChI=1S/C18H22N4O3S/c1-13-19-20-18(26-13)22-10-8-21(9-11-22)17(23)7-5-14-4-6-15(24-2)12-16(14)25-3/h4-7,12H,8-11H2,1-3H3/b7-5+. The summed E-state index contributed by atoms with van der Waals surface area (Å²) in [7, 11) is 3.21. The molecule has 138 valence electrons. The maximum Gasteiger partial charge on any atom is 0.246 e. The second kappa shape index (κ2) is 8.18. The summed E-state index contributed by atoms with van der Waals surface area (Å²) in [6.07, 6.45) is 3.37. The summed E-state index contributed by atoms with van der Waals surface area (Å²) in [5.41, 5.74) is 0.838. The fourth-order valence-corrected chi connectivity index (χ4v) is 3.49. The van der Waals surface area contributed by atoms with Gasteiger partial charge in [0.1, 0.15) is 16.5 Å². The van der Waals surface area contributed by atoms with Crippen molar-refractivity contribution in [3.63, 3.8) is 0 Å². The van der Waals surface area contributed by atoms with Crippen LogP contribution in [-0.2, 0) is 4.79 Å². The summed E-state index contributed by atoms with van der Waals surface area (Å²) in [4.78, 5) is 16.5. The van der Waals surface area contributed by atoms with Gasteiger partial charge < -0.3 is 19.3 Å². The highest BCUT2D eigenvalue weighted by Crippen LogP contribution is 2.26. The van der Waals surface area contributed by atoms with Crippen molar-refractivity contribution in [1.29, 1.82) is 0 Å². The van der Waals surface area contributed by atoms with Crippen LogP contribution in [0.2, 0.25) is 0 Å². The first-order valence-corrected chi connectivity index (χ1v) is 9.16. The van der Waals surface area contributed by atoms with Gasteiger partial charge in [-0.2, -0.15) is 0 Å². The average molecular weight is 374 g/mol. The average Bonchev–Trinajstić information content (AvgIpc) is 3.12. The Kier molecular flexibility index (Phi) is 5.72. The lowest BCUT2D eigenvalue weighted by Gasteiger charge is -2.33. The van der Waals surface area contributed by atoms with Gasteiger partial charge in [-0.1, -0.05) is 11.3 Å². The number of carbonyl (C=O) groups is 1. The molecule has 7 nitrogen and oxygen atoms in total. The second-order valence-electron chi connectivity index (χ2n) is 5.86. The molecule has 0 radical (unpaired) electrons. The molecule has 26 heavy (non-hydrogen) atoms. The van der Waals surface area contributed by atoms with Gasteiger partial charge in [-0.3, -0.25) is 4.79 Å². The molecule has 2 aromatic rings. The van der Waals surface area contributed by atoms with E-state index >= 15 is 0 Å². The van der Waals surface area contributed by atoms with E-state index in [1.165, 1.54) is 0 Å². The van der Waals surface area contributed by atoms with Gasteiger partial charge in [-0.25, -0.2) is 0 Å². The van der Waals surface area contributed by atoms with Crippen LogP contribution >= 0.6 is 11.3 Å². The van der Waals surface area contributed by atoms with Gasteiger partial charge in [0.15, 0.2) is 0 Å². The molecular weight excluding hydrogens is 352 g/mol. The topological polar surface area (TPSA) is 67.8 Å². The molecule has 1 amide bonds. The van der Waals surface area contributed by atoms with E-state index in [4.69, 9.17) is 9.47 Å². The van der Waals surface area contributed by atoms with E-state index in [0.29, 0.717) is 24.6 Å². The Balaban J connectivity index is 1.60. The summed E-state index contributed by atoms with van der Waals surface area (Å²) < 4.78 is 10.5. The van der Waals surface area contributed by atoms with Gasteiger partial charge in [0.05, 0.1) is 14.2 Å². The number of benzene rings is 1. The van der Waals surface area contributed by atoms with Crippen LogP contribution in [0.4, 0.5) is 5.13 Å². The zero-order valence-corrected chi connectivity index (χ0v) is 16.0. The molecule has 0 saturated carbocycles. The molecule has 3 rings (SSSR count). The number of piperazine rings is 1. The Morgan fingerprint density at radius 2 is 1.92 bits per heavy atom. The highest BCUT2D eigenvalue weighted by Gasteiger charge is 2.21. The van der Waals surface area contributed by atoms with Gasteiger partial charge in [0.2, 0.25) is 11.0 Å². The van der Waals surface area contributed by atoms with Crippen LogP contribution < -0.4 is 14.4 Å². The quantitative estimate of drug-likeness (QED) is 0.748. The van der Waals surface area contributed by atoms with Crippen molar-refractivity contribution in [2.45, 2.75) is 6.92 Å². The molecule has 1 saturated heterocycles. The van der Waals surface area contributed by atoms with Crippen LogP contribution in [0.3, 0.4) is 0 Å². The molecular formula is C18H22N4O3S. The minimum Gasteiger partial charge on any atom is -0.497 e. The summed E-state index contributed by atoms with van der Waals surface area (Å²) in [6, 6.07) is 5.51. The van der Waals surface area contributed by atoms with Crippen molar-refractivity contribution in [3.8, 4) is 11.5 Å². The zero-order valence-electron chi connectivity index (χ0n) is 15.1. The summed E-state index contributed by atoms with van der Waals surface area (Å²) in [5.74, 6) is 1.38. The number of anilines is 1. The van der Waals surface area contributed by atoms with Gasteiger partial charge in [0, 0.05) is 43.9 Å². The van der Waals surface area contributed by atoms with E-state index in [1.807, 2.05) is 24.0 Å². The molecule has 1 aromatic heterocycles. The molecule has 0 N–H and O–H groups in total. The number of rotatable bonds is 5. The summed E-state index contributed by atoms with van der Waals surface area (Å²) in [5, 5.41) is 10.1. The number of methoxy groups -OCH3 is 2. The molecule has 0 atom stereocenters. The Bertz CT molecular complexity index is 797. The smallest absolute Gasteiger partial charge is 0.246 e. The van der Waals surface area contributed by atoms with Crippen LogP contribution in [0, 0.1) is 6.92 Å². The van der Waals surface area contributed by atoms with Crippen molar-refractivity contribution < 1.29 is 14.3 Å². The van der Waals surface area contributed by atoms with Crippen molar-refractivity contribution in [2.75, 3.05) is 45.3 Å². The van der Waals surface area contributed by atoms with E-state index in [1.54, 1.807) is 43.8 Å². The molecule has 8 heteroatoms. The van der Waals surface area contributed by atoms with E-state index in [-0.39, 0.29) is 5.91 Å². The van der Waals surface area contributed by atoms with Crippen molar-refractivity contribution in [3.05, 3.63) is 34.8 Å². The van der Waals surface area contributed by atoms with Gasteiger partial charge in [0.25, 0.3) is 0 Å². The number of nitrogens with zero attached hydrogens (tertiary/aromatic N) is 4. The first-order chi connectivity index (χ1) is 12.6. The fourth-order valence-electron chi connectivity index (χ4n) is 2.75. The monoisotopic (exact) mass is 374 g/mol. The summed E-state index contributed by atoms with van der Waals surface area (Å²) >= 11 is 1.58. The molecule has 1 aromatic carbocycles. The number of aryl methyl sites for hydroxylation is 1. The molecule has 1 fully saturated rings. The lowest BCUT2D eigenvalue weighted by atomic mass is 10.1. The molecule has 1 aliphatic rings. The van der Waals surface area contributed by atoms with Crippen molar-refractivity contribution in [1.82, 2.24) is 15.1 Å². The Hall–Kier alpha value is -2.61. The zero-order chi connectivity index (χ0) is 18.5. The summed E-state index contributed by atoms with van der Waals surface area (Å²) in [6.45, 7) is 4.81. The van der Waals surface area contributed by atoms with Gasteiger partial charge >= 0.3 is 0 Å². The molecule has 0 bridgehead atoms. The van der Waals surface area contributed by atoms with E-state index in [0.717, 1.165) is 28.8 Å². The molecule has 2 heterocycles. The van der Waals surface area contributed by atoms with Crippen LogP contribution in [0.5, 0.6) is 11.5 Å². The van der Waals surface area contributed by atoms with Crippen LogP contribution in [-0.4, -0.2) is 61.4 Å². The third kappa shape index (κ3) is 4.13. The molecule has 0 aliphatic carbocycles. The van der Waals surface area contributed by atoms with Gasteiger partial charge in [-0.15, -0.1) is 10.2 Å². The Morgan fingerprint density at radius 1 is 1.15 bits per heavy atom. The van der Waals surface area contributed by atoms with Crippen LogP contribution in [0.25, 0.3) is 6.08 Å². The molecule has 1 aliphatic heterocycles. The SMILES string of the molecule is COc1ccc(/C=C/C(=O)N2CCN(c3nnc(C)s3)CC2)c(OC)c1. The minimum atomic E-state index is -0.00374. The normalized spacial score (nSPS) is 14.7. The van der Waals surface area contributed by atoms with E-state index in [2.05, 4.69) is 15.1 Å². The maximum atomic E-state index is 12.5. The van der Waals surface area contributed by atoms with Gasteiger partial charge in [-0.05, 0) is 25.1 Å². The third-order valence-electron chi connectivity index (χ3n) is 4.22. The fraction of sp³-hybridized carbons (Fsp3) is 0.389. The molecule has 0 unspecified atom stereocenters. The predicted octanol–water partition coefficient (Wildman–Crippen LogP) is 2.23. The minimum absolute atomic E-state index is 0.00374. The lowest BCUT2D eigenvalue weighted by Crippen LogP contribution is -2.48. The number of hydrogen-bond acceptors (Lipinski definition) is 7. The number of ether oxygens (including phenoxy) is 2. The maximum absolute atomic E-state index is 12.5. The third-order valence-corrected chi connectivity index (χ3v) is 5.12. The number of carbonyl (C=O) groups excluding carboxylic acids is 1. The lowest BCUT2D eigenvalue weighted by molar-refractivity contribution is -0.126. The van der Waals surface area contributed by atoms with Crippen molar-refractivity contribution >= 4 is 28.5 Å². The number of hydrogen-bond donors (Lipinski definition) is 0. The highest BCUT2D eigenvalue weighted by molar-refractivity contribution is 7.15. The first-order valence-electron chi connectivity index (χ1n) is 8.35. The number of amides is 1. The van der Waals surface area contributed by atoms with E-state index < -0.39 is 0 Å². The van der Waals surface area contributed by atoms with E-state index in [9.17, 15) is 4.79 Å². The number of aromatic nitrogens is 2. The molecule has 0 spiro atoms. The first kappa shape index (κ1) is 18.2. The van der Waals surface area contributed by atoms with Crippen LogP contribution in [0.1, 0.15) is 10.6 Å². The van der Waals surface area contributed by atoms with Crippen molar-refractivity contribution in [2.24, 2.45) is 0 Å². The van der Waals surface area contributed by atoms with Crippen LogP contribution in [0.15, 0.2) is 24.3 Å². The largest absolute Gasteiger partial charge is 0.497 e. The highest BCUT2D eigenvalue weighted by atomic mass is 32.1. The second-order valence-corrected chi connectivity index (χ2v) is 7.02. The predicted molar refractivity (Wildman–Crippen MR) is 102 cm³/mol. The Labute approximate surface area is 156 Å². The Morgan fingerprint density at radius 3 is 2.54 bits per heavy atom.